The van der Waals surface area contributed by atoms with E-state index in [-0.39, 0.29) is 0 Å². The number of rotatable bonds is 3. The lowest BCUT2D eigenvalue weighted by Crippen LogP contribution is -2.18. The third kappa shape index (κ3) is 3.14. The Balaban J connectivity index is 2.17. The average Bonchev–Trinajstić information content (AvgIpc) is 2.05. The first kappa shape index (κ1) is 10.0. The first-order valence-electron chi connectivity index (χ1n) is 5.33. The molecule has 0 atom stereocenters. The van der Waals surface area contributed by atoms with Gasteiger partial charge in [-0.1, -0.05) is 26.7 Å². The Morgan fingerprint density at radius 3 is 2.00 bits per heavy atom. The molecule has 0 aromatic rings. The minimum Gasteiger partial charge on any atom is -0.396 e. The summed E-state index contributed by atoms with van der Waals surface area (Å²) in [7, 11) is 0. The molecular formula is C11H22O. The van der Waals surface area contributed by atoms with Crippen molar-refractivity contribution in [2.45, 2.75) is 46.0 Å². The summed E-state index contributed by atoms with van der Waals surface area (Å²) >= 11 is 0. The highest BCUT2D eigenvalue weighted by Crippen LogP contribution is 2.32. The average molecular weight is 170 g/mol. The Kier molecular flexibility index (Phi) is 4.07. The second-order valence-electron chi connectivity index (χ2n) is 4.70. The van der Waals surface area contributed by atoms with Crippen LogP contribution in [-0.4, -0.2) is 11.7 Å². The van der Waals surface area contributed by atoms with Gasteiger partial charge in [-0.05, 0) is 37.0 Å². The Hall–Kier alpha value is -0.0400. The summed E-state index contributed by atoms with van der Waals surface area (Å²) in [4.78, 5) is 0. The monoisotopic (exact) mass is 170 g/mol. The van der Waals surface area contributed by atoms with Crippen molar-refractivity contribution in [3.63, 3.8) is 0 Å². The summed E-state index contributed by atoms with van der Waals surface area (Å²) in [5.74, 6) is 2.42. The molecule has 0 amide bonds. The summed E-state index contributed by atoms with van der Waals surface area (Å²) in [5.41, 5.74) is 0. The van der Waals surface area contributed by atoms with E-state index >= 15 is 0 Å². The molecule has 0 aromatic carbocycles. The van der Waals surface area contributed by atoms with Gasteiger partial charge in [0.05, 0.1) is 0 Å². The van der Waals surface area contributed by atoms with Crippen LogP contribution in [0.3, 0.4) is 0 Å². The van der Waals surface area contributed by atoms with E-state index < -0.39 is 0 Å². The minimum absolute atomic E-state index is 0.411. The van der Waals surface area contributed by atoms with E-state index in [0.29, 0.717) is 12.5 Å². The molecule has 0 bridgehead atoms. The standard InChI is InChI=1S/C11H22O/c1-9(2)7-10-3-5-11(8-12)6-4-10/h9-12H,3-8H2,1-2H3/t10-,11-. The third-order valence-electron chi connectivity index (χ3n) is 3.03. The fourth-order valence-electron chi connectivity index (χ4n) is 2.32. The quantitative estimate of drug-likeness (QED) is 0.690. The van der Waals surface area contributed by atoms with E-state index in [2.05, 4.69) is 13.8 Å². The maximum atomic E-state index is 8.96. The molecule has 1 fully saturated rings. The van der Waals surface area contributed by atoms with Crippen molar-refractivity contribution in [2.24, 2.45) is 17.8 Å². The Bertz CT molecular complexity index is 112. The molecule has 0 aromatic heterocycles. The predicted octanol–water partition coefficient (Wildman–Crippen LogP) is 2.83. The highest BCUT2D eigenvalue weighted by molar-refractivity contribution is 4.72. The fraction of sp³-hybridized carbons (Fsp3) is 1.00. The minimum atomic E-state index is 0.411. The Labute approximate surface area is 76.2 Å². The second kappa shape index (κ2) is 4.86. The number of aliphatic hydroxyl groups excluding tert-OH is 1. The normalized spacial score (nSPS) is 31.0. The Morgan fingerprint density at radius 2 is 1.58 bits per heavy atom. The lowest BCUT2D eigenvalue weighted by molar-refractivity contribution is 0.159. The number of hydrogen-bond donors (Lipinski definition) is 1. The molecule has 1 aliphatic rings. The molecule has 1 heteroatoms. The molecule has 0 radical (unpaired) electrons. The van der Waals surface area contributed by atoms with Crippen LogP contribution in [0.15, 0.2) is 0 Å². The van der Waals surface area contributed by atoms with Crippen molar-refractivity contribution in [3.8, 4) is 0 Å². The van der Waals surface area contributed by atoms with Crippen molar-refractivity contribution in [3.05, 3.63) is 0 Å². The van der Waals surface area contributed by atoms with Gasteiger partial charge in [0.1, 0.15) is 0 Å². The first-order chi connectivity index (χ1) is 5.72. The summed E-state index contributed by atoms with van der Waals surface area (Å²) in [5, 5.41) is 8.96. The van der Waals surface area contributed by atoms with Crippen LogP contribution in [0.5, 0.6) is 0 Å². The van der Waals surface area contributed by atoms with Gasteiger partial charge in [0.25, 0.3) is 0 Å². The van der Waals surface area contributed by atoms with Crippen LogP contribution in [0.25, 0.3) is 0 Å². The van der Waals surface area contributed by atoms with Gasteiger partial charge in [-0.15, -0.1) is 0 Å². The molecular weight excluding hydrogens is 148 g/mol. The van der Waals surface area contributed by atoms with Crippen LogP contribution in [0.4, 0.5) is 0 Å². The molecule has 0 spiro atoms. The fourth-order valence-corrected chi connectivity index (χ4v) is 2.32. The third-order valence-corrected chi connectivity index (χ3v) is 3.03. The zero-order valence-electron chi connectivity index (χ0n) is 8.42. The highest BCUT2D eigenvalue weighted by Gasteiger charge is 2.20. The van der Waals surface area contributed by atoms with Crippen molar-refractivity contribution in [1.29, 1.82) is 0 Å². The largest absolute Gasteiger partial charge is 0.396 e. The molecule has 0 saturated heterocycles. The van der Waals surface area contributed by atoms with Crippen LogP contribution in [0.1, 0.15) is 46.0 Å². The van der Waals surface area contributed by atoms with Gasteiger partial charge in [0.2, 0.25) is 0 Å². The van der Waals surface area contributed by atoms with Crippen molar-refractivity contribution in [1.82, 2.24) is 0 Å². The van der Waals surface area contributed by atoms with Gasteiger partial charge in [-0.25, -0.2) is 0 Å². The summed E-state index contributed by atoms with van der Waals surface area (Å²) in [6, 6.07) is 0. The van der Waals surface area contributed by atoms with E-state index in [9.17, 15) is 0 Å². The van der Waals surface area contributed by atoms with Gasteiger partial charge in [-0.3, -0.25) is 0 Å². The van der Waals surface area contributed by atoms with Crippen LogP contribution in [-0.2, 0) is 0 Å². The number of hydrogen-bond acceptors (Lipinski definition) is 1. The molecule has 1 aliphatic carbocycles. The smallest absolute Gasteiger partial charge is 0.0459 e. The van der Waals surface area contributed by atoms with Crippen LogP contribution in [0, 0.1) is 17.8 Å². The molecule has 0 heterocycles. The summed E-state index contributed by atoms with van der Waals surface area (Å²) in [6.07, 6.45) is 6.60. The van der Waals surface area contributed by atoms with E-state index in [1.807, 2.05) is 0 Å². The topological polar surface area (TPSA) is 20.2 Å². The molecule has 1 N–H and O–H groups in total. The SMILES string of the molecule is CC(C)C[C@H]1CC[C@H](CO)CC1. The maximum absolute atomic E-state index is 8.96. The first-order valence-corrected chi connectivity index (χ1v) is 5.33. The molecule has 1 saturated carbocycles. The van der Waals surface area contributed by atoms with Gasteiger partial charge in [-0.2, -0.15) is 0 Å². The second-order valence-corrected chi connectivity index (χ2v) is 4.70. The lowest BCUT2D eigenvalue weighted by atomic mass is 9.79. The van der Waals surface area contributed by atoms with Crippen LogP contribution >= 0.6 is 0 Å². The Morgan fingerprint density at radius 1 is 1.08 bits per heavy atom. The van der Waals surface area contributed by atoms with Gasteiger partial charge < -0.3 is 5.11 Å². The number of aliphatic hydroxyl groups is 1. The molecule has 72 valence electrons. The molecule has 0 unspecified atom stereocenters. The predicted molar refractivity (Wildman–Crippen MR) is 52.0 cm³/mol. The van der Waals surface area contributed by atoms with Gasteiger partial charge in [0, 0.05) is 6.61 Å². The van der Waals surface area contributed by atoms with E-state index in [0.717, 1.165) is 11.8 Å². The zero-order chi connectivity index (χ0) is 8.97. The van der Waals surface area contributed by atoms with Crippen molar-refractivity contribution in [2.75, 3.05) is 6.61 Å². The van der Waals surface area contributed by atoms with Gasteiger partial charge in [0.15, 0.2) is 0 Å². The van der Waals surface area contributed by atoms with E-state index in [4.69, 9.17) is 5.11 Å². The molecule has 1 rings (SSSR count). The van der Waals surface area contributed by atoms with Crippen LogP contribution < -0.4 is 0 Å². The molecule has 12 heavy (non-hydrogen) atoms. The van der Waals surface area contributed by atoms with Gasteiger partial charge >= 0.3 is 0 Å². The lowest BCUT2D eigenvalue weighted by Gasteiger charge is -2.28. The van der Waals surface area contributed by atoms with Crippen LogP contribution in [0.2, 0.25) is 0 Å². The van der Waals surface area contributed by atoms with E-state index in [1.54, 1.807) is 0 Å². The van der Waals surface area contributed by atoms with Crippen molar-refractivity contribution < 1.29 is 5.11 Å². The summed E-state index contributed by atoms with van der Waals surface area (Å²) in [6.45, 7) is 5.02. The summed E-state index contributed by atoms with van der Waals surface area (Å²) < 4.78 is 0. The molecule has 1 nitrogen and oxygen atoms in total. The zero-order valence-corrected chi connectivity index (χ0v) is 8.42. The molecule has 0 aliphatic heterocycles. The highest BCUT2D eigenvalue weighted by atomic mass is 16.3. The van der Waals surface area contributed by atoms with Crippen molar-refractivity contribution >= 4 is 0 Å². The maximum Gasteiger partial charge on any atom is 0.0459 e. The van der Waals surface area contributed by atoms with E-state index in [1.165, 1.54) is 32.1 Å².